The van der Waals surface area contributed by atoms with E-state index in [1.165, 1.54) is 0 Å². The number of carbonyl (C=O) groups excluding carboxylic acids is 3. The molecule has 140 valence electrons. The second kappa shape index (κ2) is 9.55. The van der Waals surface area contributed by atoms with Crippen molar-refractivity contribution < 1.29 is 14.4 Å². The largest absolute Gasteiger partial charge is 0.353 e. The Hall–Kier alpha value is -2.90. The highest BCUT2D eigenvalue weighted by Crippen LogP contribution is 2.14. The van der Waals surface area contributed by atoms with Crippen LogP contribution in [0.4, 0.5) is 0 Å². The fraction of sp³-hybridized carbons (Fsp3) is 0.444. The summed E-state index contributed by atoms with van der Waals surface area (Å²) in [5.74, 6) is -0.279. The van der Waals surface area contributed by atoms with Crippen molar-refractivity contribution in [1.82, 2.24) is 26.1 Å². The Kier molecular flexibility index (Phi) is 7.13. The molecule has 1 aromatic carbocycles. The number of para-hydroxylation sites is 1. The Balaban J connectivity index is 1.64. The third-order valence-corrected chi connectivity index (χ3v) is 3.81. The van der Waals surface area contributed by atoms with Gasteiger partial charge in [0.2, 0.25) is 11.8 Å². The zero-order valence-corrected chi connectivity index (χ0v) is 15.1. The predicted molar refractivity (Wildman–Crippen MR) is 98.5 cm³/mol. The lowest BCUT2D eigenvalue weighted by Crippen LogP contribution is -2.40. The van der Waals surface area contributed by atoms with Crippen LogP contribution in [0.3, 0.4) is 0 Å². The maximum atomic E-state index is 12.1. The Labute approximate surface area is 152 Å². The normalized spacial score (nSPS) is 10.7. The van der Waals surface area contributed by atoms with E-state index in [1.54, 1.807) is 0 Å². The molecule has 0 atom stereocenters. The SMILES string of the molecule is CC(C)CCC(=O)NCC(=O)NCCNC(=O)c1n[nH]c2ccccc12. The van der Waals surface area contributed by atoms with Gasteiger partial charge in [-0.15, -0.1) is 0 Å². The molecule has 0 aliphatic carbocycles. The van der Waals surface area contributed by atoms with Crippen molar-refractivity contribution in [3.63, 3.8) is 0 Å². The first-order valence-corrected chi connectivity index (χ1v) is 8.72. The lowest BCUT2D eigenvalue weighted by Gasteiger charge is -2.08. The number of amides is 3. The summed E-state index contributed by atoms with van der Waals surface area (Å²) < 4.78 is 0. The molecule has 2 aromatic rings. The molecule has 0 saturated heterocycles. The summed E-state index contributed by atoms with van der Waals surface area (Å²) in [6, 6.07) is 7.36. The van der Waals surface area contributed by atoms with Crippen LogP contribution in [0.1, 0.15) is 37.2 Å². The lowest BCUT2D eigenvalue weighted by atomic mass is 10.1. The molecule has 0 bridgehead atoms. The van der Waals surface area contributed by atoms with Gasteiger partial charge in [0.15, 0.2) is 5.69 Å². The van der Waals surface area contributed by atoms with Gasteiger partial charge in [-0.1, -0.05) is 32.0 Å². The van der Waals surface area contributed by atoms with Crippen molar-refractivity contribution in [2.45, 2.75) is 26.7 Å². The minimum absolute atomic E-state index is 0.0606. The van der Waals surface area contributed by atoms with E-state index in [0.717, 1.165) is 17.3 Å². The number of rotatable bonds is 9. The highest BCUT2D eigenvalue weighted by molar-refractivity contribution is 6.04. The van der Waals surface area contributed by atoms with E-state index in [4.69, 9.17) is 0 Å². The molecule has 0 radical (unpaired) electrons. The minimum Gasteiger partial charge on any atom is -0.353 e. The zero-order chi connectivity index (χ0) is 18.9. The molecular formula is C18H25N5O3. The predicted octanol–water partition coefficient (Wildman–Crippen LogP) is 0.961. The smallest absolute Gasteiger partial charge is 0.272 e. The van der Waals surface area contributed by atoms with Crippen molar-refractivity contribution >= 4 is 28.6 Å². The van der Waals surface area contributed by atoms with E-state index in [-0.39, 0.29) is 37.4 Å². The van der Waals surface area contributed by atoms with Crippen LogP contribution >= 0.6 is 0 Å². The van der Waals surface area contributed by atoms with Crippen LogP contribution in [-0.2, 0) is 9.59 Å². The monoisotopic (exact) mass is 359 g/mol. The number of nitrogens with one attached hydrogen (secondary N) is 4. The van der Waals surface area contributed by atoms with Gasteiger partial charge in [-0.05, 0) is 18.4 Å². The van der Waals surface area contributed by atoms with Crippen molar-refractivity contribution in [3.8, 4) is 0 Å². The number of fused-ring (bicyclic) bond motifs is 1. The number of hydrogen-bond acceptors (Lipinski definition) is 4. The molecule has 1 aromatic heterocycles. The van der Waals surface area contributed by atoms with Gasteiger partial charge in [0, 0.05) is 24.9 Å². The molecule has 3 amide bonds. The number of benzene rings is 1. The van der Waals surface area contributed by atoms with Gasteiger partial charge in [-0.25, -0.2) is 0 Å². The summed E-state index contributed by atoms with van der Waals surface area (Å²) in [4.78, 5) is 35.4. The van der Waals surface area contributed by atoms with Crippen molar-refractivity contribution in [2.24, 2.45) is 5.92 Å². The third-order valence-electron chi connectivity index (χ3n) is 3.81. The van der Waals surface area contributed by atoms with Crippen LogP contribution in [0.15, 0.2) is 24.3 Å². The van der Waals surface area contributed by atoms with Gasteiger partial charge in [-0.3, -0.25) is 19.5 Å². The summed E-state index contributed by atoms with van der Waals surface area (Å²) >= 11 is 0. The topological polar surface area (TPSA) is 116 Å². The van der Waals surface area contributed by atoms with Crippen molar-refractivity contribution in [3.05, 3.63) is 30.0 Å². The number of carbonyl (C=O) groups is 3. The molecule has 8 heteroatoms. The molecule has 0 unspecified atom stereocenters. The summed E-state index contributed by atoms with van der Waals surface area (Å²) in [6.07, 6.45) is 1.21. The highest BCUT2D eigenvalue weighted by atomic mass is 16.2. The molecule has 0 spiro atoms. The molecule has 26 heavy (non-hydrogen) atoms. The molecule has 0 saturated carbocycles. The van der Waals surface area contributed by atoms with Crippen LogP contribution in [0.25, 0.3) is 10.9 Å². The highest BCUT2D eigenvalue weighted by Gasteiger charge is 2.13. The number of aromatic nitrogens is 2. The molecule has 8 nitrogen and oxygen atoms in total. The van der Waals surface area contributed by atoms with Crippen LogP contribution in [-0.4, -0.2) is 47.6 Å². The van der Waals surface area contributed by atoms with Crippen LogP contribution in [0.2, 0.25) is 0 Å². The van der Waals surface area contributed by atoms with Crippen LogP contribution < -0.4 is 16.0 Å². The average Bonchev–Trinajstić information content (AvgIpc) is 3.05. The standard InChI is InChI=1S/C18H25N5O3/c1-12(2)7-8-15(24)21-11-16(25)19-9-10-20-18(26)17-13-5-3-4-6-14(13)22-23-17/h3-6,12H,7-11H2,1-2H3,(H,19,25)(H,20,26)(H,21,24)(H,22,23). The fourth-order valence-corrected chi connectivity index (χ4v) is 2.35. The van der Waals surface area contributed by atoms with Crippen molar-refractivity contribution in [2.75, 3.05) is 19.6 Å². The second-order valence-electron chi connectivity index (χ2n) is 6.43. The average molecular weight is 359 g/mol. The Morgan fingerprint density at radius 3 is 2.54 bits per heavy atom. The zero-order valence-electron chi connectivity index (χ0n) is 15.1. The molecule has 0 aliphatic rings. The van der Waals surface area contributed by atoms with E-state index in [1.807, 2.05) is 38.1 Å². The number of aromatic amines is 1. The van der Waals surface area contributed by atoms with Gasteiger partial charge in [0.25, 0.3) is 5.91 Å². The third kappa shape index (κ3) is 5.87. The van der Waals surface area contributed by atoms with Gasteiger partial charge < -0.3 is 16.0 Å². The maximum absolute atomic E-state index is 12.1. The number of hydrogen-bond donors (Lipinski definition) is 4. The van der Waals surface area contributed by atoms with E-state index >= 15 is 0 Å². The molecule has 0 fully saturated rings. The summed E-state index contributed by atoms with van der Waals surface area (Å²) in [5, 5.41) is 15.5. The molecule has 0 aliphatic heterocycles. The molecule has 4 N–H and O–H groups in total. The van der Waals surface area contributed by atoms with Gasteiger partial charge in [0.1, 0.15) is 0 Å². The molecule has 2 rings (SSSR count). The van der Waals surface area contributed by atoms with E-state index < -0.39 is 0 Å². The fourth-order valence-electron chi connectivity index (χ4n) is 2.35. The van der Waals surface area contributed by atoms with Gasteiger partial charge in [-0.2, -0.15) is 5.10 Å². The minimum atomic E-state index is -0.307. The Morgan fingerprint density at radius 1 is 1.04 bits per heavy atom. The first kappa shape index (κ1) is 19.4. The molecular weight excluding hydrogens is 334 g/mol. The summed E-state index contributed by atoms with van der Waals surface area (Å²) in [6.45, 7) is 4.57. The Bertz CT molecular complexity index is 769. The summed E-state index contributed by atoms with van der Waals surface area (Å²) in [7, 11) is 0. The quantitative estimate of drug-likeness (QED) is 0.499. The first-order chi connectivity index (χ1) is 12.5. The van der Waals surface area contributed by atoms with Gasteiger partial charge >= 0.3 is 0 Å². The number of nitrogens with zero attached hydrogens (tertiary/aromatic N) is 1. The second-order valence-corrected chi connectivity index (χ2v) is 6.43. The van der Waals surface area contributed by atoms with Crippen LogP contribution in [0.5, 0.6) is 0 Å². The van der Waals surface area contributed by atoms with E-state index in [2.05, 4.69) is 26.1 Å². The first-order valence-electron chi connectivity index (χ1n) is 8.72. The number of H-pyrrole nitrogens is 1. The maximum Gasteiger partial charge on any atom is 0.272 e. The van der Waals surface area contributed by atoms with E-state index in [0.29, 0.717) is 18.0 Å². The lowest BCUT2D eigenvalue weighted by molar-refractivity contribution is -0.126. The van der Waals surface area contributed by atoms with Gasteiger partial charge in [0.05, 0.1) is 12.1 Å². The molecule has 1 heterocycles. The van der Waals surface area contributed by atoms with E-state index in [9.17, 15) is 14.4 Å². The summed E-state index contributed by atoms with van der Waals surface area (Å²) in [5.41, 5.74) is 1.11. The Morgan fingerprint density at radius 2 is 1.77 bits per heavy atom. The van der Waals surface area contributed by atoms with Crippen LogP contribution in [0, 0.1) is 5.92 Å². The van der Waals surface area contributed by atoms with Crippen molar-refractivity contribution in [1.29, 1.82) is 0 Å².